The number of hydrogen-bond acceptors (Lipinski definition) is 8. The molecule has 12 heteroatoms. The molecule has 3 aliphatic carbocycles. The number of nitrogens with two attached hydrogens (primary N) is 2. The van der Waals surface area contributed by atoms with Crippen LogP contribution in [0.15, 0.2) is 0 Å². The molecular weight excluding hydrogens is 636 g/mol. The average molecular weight is 703 g/mol. The largest absolute Gasteiger partial charge is 0.446 e. The average Bonchev–Trinajstić information content (AvgIpc) is 3.12. The summed E-state index contributed by atoms with van der Waals surface area (Å²) < 4.78 is 11.9. The van der Waals surface area contributed by atoms with Gasteiger partial charge in [0.1, 0.15) is 12.2 Å². The SMILES string of the molecule is NCC[C@H]1CC[C@H](CC(=O)N2CCN(C(=O)O[C@H]3CCC[C@@H](OC(=O)N4CCN(C(=O)C[C@H]5CC[C@H](CCN)CC5)CC4)CCC3)CC2)CC1. The molecule has 2 aliphatic heterocycles. The summed E-state index contributed by atoms with van der Waals surface area (Å²) in [5, 5.41) is 0. The van der Waals surface area contributed by atoms with E-state index in [4.69, 9.17) is 20.9 Å². The summed E-state index contributed by atoms with van der Waals surface area (Å²) in [7, 11) is 0. The summed E-state index contributed by atoms with van der Waals surface area (Å²) >= 11 is 0. The maximum atomic E-state index is 13.0. The molecule has 284 valence electrons. The van der Waals surface area contributed by atoms with Crippen LogP contribution in [0, 0.1) is 23.7 Å². The van der Waals surface area contributed by atoms with E-state index in [9.17, 15) is 19.2 Å². The van der Waals surface area contributed by atoms with Gasteiger partial charge in [-0.05, 0) is 114 Å². The van der Waals surface area contributed by atoms with Crippen molar-refractivity contribution in [1.82, 2.24) is 19.6 Å². The lowest BCUT2D eigenvalue weighted by Gasteiger charge is -2.37. The Bertz CT molecular complexity index is 986. The van der Waals surface area contributed by atoms with Crippen molar-refractivity contribution in [3.63, 3.8) is 0 Å². The summed E-state index contributed by atoms with van der Waals surface area (Å²) in [6, 6.07) is 0. The molecule has 0 radical (unpaired) electrons. The molecular formula is C38H66N6O6. The van der Waals surface area contributed by atoms with E-state index in [0.29, 0.717) is 77.0 Å². The predicted octanol–water partition coefficient (Wildman–Crippen LogP) is 4.73. The minimum absolute atomic E-state index is 0.139. The monoisotopic (exact) mass is 703 g/mol. The predicted molar refractivity (Wildman–Crippen MR) is 192 cm³/mol. The third kappa shape index (κ3) is 11.7. The van der Waals surface area contributed by atoms with Crippen LogP contribution in [0.5, 0.6) is 0 Å². The first kappa shape index (κ1) is 38.6. The zero-order valence-corrected chi connectivity index (χ0v) is 30.7. The van der Waals surface area contributed by atoms with Gasteiger partial charge < -0.3 is 40.5 Å². The second-order valence-electron chi connectivity index (χ2n) is 15.9. The van der Waals surface area contributed by atoms with E-state index in [1.807, 2.05) is 9.80 Å². The number of nitrogens with zero attached hydrogens (tertiary/aromatic N) is 4. The highest BCUT2D eigenvalue weighted by molar-refractivity contribution is 5.77. The van der Waals surface area contributed by atoms with Gasteiger partial charge in [0.2, 0.25) is 11.8 Å². The van der Waals surface area contributed by atoms with Crippen LogP contribution in [0.4, 0.5) is 9.59 Å². The Morgan fingerprint density at radius 1 is 0.440 bits per heavy atom. The number of hydrogen-bond donors (Lipinski definition) is 2. The van der Waals surface area contributed by atoms with Gasteiger partial charge in [-0.15, -0.1) is 0 Å². The Kier molecular flexibility index (Phi) is 15.3. The first-order chi connectivity index (χ1) is 24.3. The van der Waals surface area contributed by atoms with Crippen LogP contribution in [0.25, 0.3) is 0 Å². The van der Waals surface area contributed by atoms with Gasteiger partial charge in [0, 0.05) is 65.2 Å². The summed E-state index contributed by atoms with van der Waals surface area (Å²) in [5.74, 6) is 2.83. The fourth-order valence-electron chi connectivity index (χ4n) is 9.05. The van der Waals surface area contributed by atoms with Crippen LogP contribution in [-0.4, -0.2) is 121 Å². The number of ether oxygens (including phenoxy) is 2. The Morgan fingerprint density at radius 3 is 1.06 bits per heavy atom. The molecule has 2 saturated heterocycles. The van der Waals surface area contributed by atoms with E-state index in [1.165, 1.54) is 25.7 Å². The van der Waals surface area contributed by atoms with Gasteiger partial charge in [-0.2, -0.15) is 0 Å². The molecule has 0 aromatic heterocycles. The van der Waals surface area contributed by atoms with Crippen molar-refractivity contribution in [2.24, 2.45) is 35.1 Å². The normalized spacial score (nSPS) is 29.9. The molecule has 12 nitrogen and oxygen atoms in total. The molecule has 4 amide bonds. The minimum atomic E-state index is -0.281. The zero-order valence-electron chi connectivity index (χ0n) is 30.7. The molecule has 50 heavy (non-hydrogen) atoms. The van der Waals surface area contributed by atoms with Crippen LogP contribution in [0.1, 0.15) is 116 Å². The lowest BCUT2D eigenvalue weighted by Crippen LogP contribution is -2.51. The second-order valence-corrected chi connectivity index (χ2v) is 15.9. The first-order valence-corrected chi connectivity index (χ1v) is 20.2. The van der Waals surface area contributed by atoms with Gasteiger partial charge in [0.15, 0.2) is 0 Å². The van der Waals surface area contributed by atoms with Crippen molar-refractivity contribution in [3.05, 3.63) is 0 Å². The number of carbonyl (C=O) groups excluding carboxylic acids is 4. The molecule has 0 bridgehead atoms. The second kappa shape index (κ2) is 19.9. The van der Waals surface area contributed by atoms with E-state index in [1.54, 1.807) is 9.80 Å². The topological polar surface area (TPSA) is 152 Å². The summed E-state index contributed by atoms with van der Waals surface area (Å²) in [6.07, 6.45) is 16.4. The quantitative estimate of drug-likeness (QED) is 0.332. The van der Waals surface area contributed by atoms with Gasteiger partial charge in [-0.3, -0.25) is 9.59 Å². The van der Waals surface area contributed by atoms with E-state index >= 15 is 0 Å². The molecule has 5 fully saturated rings. The third-order valence-corrected chi connectivity index (χ3v) is 12.4. The van der Waals surface area contributed by atoms with Gasteiger partial charge in [0.05, 0.1) is 0 Å². The molecule has 0 aromatic carbocycles. The molecule has 3 saturated carbocycles. The number of carbonyl (C=O) groups is 4. The van der Waals surface area contributed by atoms with E-state index < -0.39 is 0 Å². The Morgan fingerprint density at radius 2 is 0.740 bits per heavy atom. The first-order valence-electron chi connectivity index (χ1n) is 20.2. The van der Waals surface area contributed by atoms with Crippen LogP contribution < -0.4 is 11.5 Å². The fourth-order valence-corrected chi connectivity index (χ4v) is 9.05. The molecule has 0 aromatic rings. The zero-order chi connectivity index (χ0) is 35.3. The highest BCUT2D eigenvalue weighted by Gasteiger charge is 2.32. The highest BCUT2D eigenvalue weighted by atomic mass is 16.6. The summed E-state index contributed by atoms with van der Waals surface area (Å²) in [5.41, 5.74) is 11.4. The van der Waals surface area contributed by atoms with Crippen molar-refractivity contribution in [2.45, 2.75) is 128 Å². The lowest BCUT2D eigenvalue weighted by molar-refractivity contribution is -0.134. The van der Waals surface area contributed by atoms with Crippen molar-refractivity contribution in [1.29, 1.82) is 0 Å². The summed E-state index contributed by atoms with van der Waals surface area (Å²) in [4.78, 5) is 59.3. The molecule has 5 aliphatic rings. The molecule has 0 unspecified atom stereocenters. The minimum Gasteiger partial charge on any atom is -0.446 e. The van der Waals surface area contributed by atoms with Crippen LogP contribution in [0.3, 0.4) is 0 Å². The smallest absolute Gasteiger partial charge is 0.410 e. The molecule has 2 heterocycles. The Labute approximate surface area is 300 Å². The summed E-state index contributed by atoms with van der Waals surface area (Å²) in [6.45, 7) is 5.81. The Balaban J connectivity index is 0.925. The molecule has 0 spiro atoms. The maximum Gasteiger partial charge on any atom is 0.410 e. The van der Waals surface area contributed by atoms with Crippen molar-refractivity contribution in [2.75, 3.05) is 65.4 Å². The molecule has 5 rings (SSSR count). The van der Waals surface area contributed by atoms with Gasteiger partial charge in [0.25, 0.3) is 0 Å². The fraction of sp³-hybridized carbons (Fsp3) is 0.895. The number of piperazine rings is 2. The van der Waals surface area contributed by atoms with E-state index in [2.05, 4.69) is 0 Å². The molecule has 4 N–H and O–H groups in total. The third-order valence-electron chi connectivity index (χ3n) is 12.4. The van der Waals surface area contributed by atoms with Crippen LogP contribution >= 0.6 is 0 Å². The van der Waals surface area contributed by atoms with Gasteiger partial charge in [-0.25, -0.2) is 9.59 Å². The van der Waals surface area contributed by atoms with Crippen molar-refractivity contribution in [3.8, 4) is 0 Å². The lowest BCUT2D eigenvalue weighted by atomic mass is 9.79. The van der Waals surface area contributed by atoms with Gasteiger partial charge >= 0.3 is 12.2 Å². The van der Waals surface area contributed by atoms with E-state index in [0.717, 1.165) is 102 Å². The maximum absolute atomic E-state index is 13.0. The van der Waals surface area contributed by atoms with Crippen molar-refractivity contribution < 1.29 is 28.7 Å². The highest BCUT2D eigenvalue weighted by Crippen LogP contribution is 2.34. The van der Waals surface area contributed by atoms with E-state index in [-0.39, 0.29) is 36.2 Å². The standard InChI is InChI=1S/C38H66N6O6/c39-17-15-29-7-11-31(12-8-29)27-35(45)41-19-23-43(24-20-41)37(47)49-33-3-1-4-34(6-2-5-33)50-38(48)44-25-21-42(22-26-44)36(46)28-32-13-9-30(10-14-32)16-18-40/h29-34H,1-28,39-40H2/t29-,30-,31-,32-,33-,34+. The van der Waals surface area contributed by atoms with Gasteiger partial charge in [-0.1, -0.05) is 25.7 Å². The Hall–Kier alpha value is -2.60. The molecule has 0 atom stereocenters. The van der Waals surface area contributed by atoms with Crippen molar-refractivity contribution >= 4 is 24.0 Å². The number of amides is 4. The van der Waals surface area contributed by atoms with Crippen LogP contribution in [0.2, 0.25) is 0 Å². The number of rotatable bonds is 10. The van der Waals surface area contributed by atoms with Crippen LogP contribution in [-0.2, 0) is 19.1 Å².